The summed E-state index contributed by atoms with van der Waals surface area (Å²) in [6, 6.07) is 6.38. The molecule has 192 valence electrons. The van der Waals surface area contributed by atoms with Crippen LogP contribution in [0.3, 0.4) is 0 Å². The van der Waals surface area contributed by atoms with Gasteiger partial charge in [0.1, 0.15) is 0 Å². The Labute approximate surface area is 207 Å². The fourth-order valence-corrected chi connectivity index (χ4v) is 4.82. The van der Waals surface area contributed by atoms with Crippen molar-refractivity contribution < 1.29 is 19.2 Å². The molecule has 1 heterocycles. The lowest BCUT2D eigenvalue weighted by Gasteiger charge is -2.38. The first-order valence-electron chi connectivity index (χ1n) is 12.5. The van der Waals surface area contributed by atoms with Gasteiger partial charge < -0.3 is 22.1 Å². The van der Waals surface area contributed by atoms with E-state index in [1.54, 1.807) is 0 Å². The maximum Gasteiger partial charge on any atom is 0.251 e. The molecular weight excluding hydrogens is 446 g/mol. The van der Waals surface area contributed by atoms with Crippen molar-refractivity contribution in [1.29, 1.82) is 0 Å². The van der Waals surface area contributed by atoms with Gasteiger partial charge in [0.25, 0.3) is 5.91 Å². The number of nitrogens with zero attached hydrogens (tertiary/aromatic N) is 1. The Kier molecular flexibility index (Phi) is 8.66. The molecule has 1 aromatic carbocycles. The lowest BCUT2D eigenvalue weighted by Crippen LogP contribution is -2.60. The van der Waals surface area contributed by atoms with Crippen LogP contribution in [-0.4, -0.2) is 59.7 Å². The van der Waals surface area contributed by atoms with Crippen molar-refractivity contribution in [2.45, 2.75) is 82.8 Å². The number of hydrogen-bond donors (Lipinski definition) is 4. The van der Waals surface area contributed by atoms with Gasteiger partial charge in [-0.2, -0.15) is 0 Å². The van der Waals surface area contributed by atoms with Crippen LogP contribution >= 0.6 is 0 Å². The summed E-state index contributed by atoms with van der Waals surface area (Å²) in [7, 11) is 0. The SMILES string of the molecule is CC(C)(C)c1ccc(C(=O)N[C@@H]2CCCC[C@@H]2C(=O)NC(CN)CC(=O)N2C(=O)CC2CN)cc1. The standard InChI is InChI=1S/C26H39N5O4/c1-26(2,3)17-10-8-16(9-11-17)24(34)30-21-7-5-4-6-20(21)25(35)29-18(14-27)12-22(32)31-19(15-28)13-23(31)33/h8-11,18-21H,4-7,12-15,27-28H2,1-3H3,(H,29,35)(H,30,34)/t18?,19?,20-,21+/m0/s1. The first kappa shape index (κ1) is 26.8. The number of nitrogens with two attached hydrogens (primary N) is 2. The highest BCUT2D eigenvalue weighted by Gasteiger charge is 2.40. The Balaban J connectivity index is 1.60. The van der Waals surface area contributed by atoms with E-state index in [0.717, 1.165) is 18.4 Å². The number of rotatable bonds is 8. The highest BCUT2D eigenvalue weighted by atomic mass is 16.2. The third-order valence-electron chi connectivity index (χ3n) is 7.07. The molecule has 1 aliphatic carbocycles. The first-order chi connectivity index (χ1) is 16.5. The van der Waals surface area contributed by atoms with Crippen LogP contribution in [0.4, 0.5) is 0 Å². The van der Waals surface area contributed by atoms with Crippen LogP contribution in [0, 0.1) is 5.92 Å². The molecule has 0 bridgehead atoms. The molecule has 0 spiro atoms. The Morgan fingerprint density at radius 3 is 2.31 bits per heavy atom. The van der Waals surface area contributed by atoms with E-state index in [0.29, 0.717) is 18.4 Å². The van der Waals surface area contributed by atoms with Gasteiger partial charge >= 0.3 is 0 Å². The van der Waals surface area contributed by atoms with Gasteiger partial charge in [-0.25, -0.2) is 0 Å². The summed E-state index contributed by atoms with van der Waals surface area (Å²) in [5, 5.41) is 5.93. The fourth-order valence-electron chi connectivity index (χ4n) is 4.82. The minimum Gasteiger partial charge on any atom is -0.351 e. The molecule has 1 saturated heterocycles. The molecule has 6 N–H and O–H groups in total. The van der Waals surface area contributed by atoms with E-state index in [4.69, 9.17) is 11.5 Å². The molecule has 4 atom stereocenters. The molecule has 35 heavy (non-hydrogen) atoms. The highest BCUT2D eigenvalue weighted by Crippen LogP contribution is 2.26. The second kappa shape index (κ2) is 11.3. The summed E-state index contributed by atoms with van der Waals surface area (Å²) in [6.45, 7) is 6.64. The van der Waals surface area contributed by atoms with Crippen LogP contribution in [0.2, 0.25) is 0 Å². The second-order valence-electron chi connectivity index (χ2n) is 10.7. The van der Waals surface area contributed by atoms with E-state index in [1.807, 2.05) is 24.3 Å². The number of nitrogens with one attached hydrogen (secondary N) is 2. The van der Waals surface area contributed by atoms with Crippen molar-refractivity contribution in [2.24, 2.45) is 17.4 Å². The maximum absolute atomic E-state index is 13.1. The van der Waals surface area contributed by atoms with Crippen LogP contribution in [0.25, 0.3) is 0 Å². The summed E-state index contributed by atoms with van der Waals surface area (Å²) < 4.78 is 0. The third-order valence-corrected chi connectivity index (χ3v) is 7.07. The zero-order chi connectivity index (χ0) is 25.8. The van der Waals surface area contributed by atoms with Gasteiger partial charge in [0.2, 0.25) is 17.7 Å². The predicted octanol–water partition coefficient (Wildman–Crippen LogP) is 1.19. The van der Waals surface area contributed by atoms with Crippen molar-refractivity contribution >= 4 is 23.6 Å². The summed E-state index contributed by atoms with van der Waals surface area (Å²) in [6.07, 6.45) is 3.37. The minimum atomic E-state index is -0.593. The lowest BCUT2D eigenvalue weighted by molar-refractivity contribution is -0.157. The van der Waals surface area contributed by atoms with E-state index >= 15 is 0 Å². The van der Waals surface area contributed by atoms with Gasteiger partial charge in [-0.05, 0) is 36.0 Å². The number of amides is 4. The van der Waals surface area contributed by atoms with E-state index in [-0.39, 0.29) is 67.1 Å². The topological polar surface area (TPSA) is 148 Å². The Morgan fingerprint density at radius 1 is 1.09 bits per heavy atom. The summed E-state index contributed by atoms with van der Waals surface area (Å²) in [5.41, 5.74) is 13.1. The Bertz CT molecular complexity index is 940. The molecule has 2 aliphatic rings. The van der Waals surface area contributed by atoms with Crippen molar-refractivity contribution in [3.8, 4) is 0 Å². The molecule has 1 aliphatic heterocycles. The van der Waals surface area contributed by atoms with E-state index < -0.39 is 12.0 Å². The number of carbonyl (C=O) groups excluding carboxylic acids is 4. The molecule has 3 rings (SSSR count). The van der Waals surface area contributed by atoms with Crippen LogP contribution in [-0.2, 0) is 19.8 Å². The molecule has 1 aromatic rings. The largest absolute Gasteiger partial charge is 0.351 e. The molecule has 1 saturated carbocycles. The van der Waals surface area contributed by atoms with E-state index in [9.17, 15) is 19.2 Å². The van der Waals surface area contributed by atoms with Gasteiger partial charge in [0.05, 0.1) is 12.0 Å². The molecule has 9 nitrogen and oxygen atoms in total. The van der Waals surface area contributed by atoms with Crippen molar-refractivity contribution in [2.75, 3.05) is 13.1 Å². The molecule has 2 unspecified atom stereocenters. The summed E-state index contributed by atoms with van der Waals surface area (Å²) in [4.78, 5) is 51.6. The number of β-lactam (4-membered cyclic amide) rings is 1. The number of hydrogen-bond acceptors (Lipinski definition) is 6. The smallest absolute Gasteiger partial charge is 0.251 e. The molecule has 2 fully saturated rings. The predicted molar refractivity (Wildman–Crippen MR) is 133 cm³/mol. The number of likely N-dealkylation sites (tertiary alicyclic amines) is 1. The molecule has 4 amide bonds. The fraction of sp³-hybridized carbons (Fsp3) is 0.615. The van der Waals surface area contributed by atoms with Gasteiger partial charge in [-0.1, -0.05) is 45.7 Å². The van der Waals surface area contributed by atoms with Gasteiger partial charge in [0.15, 0.2) is 0 Å². The zero-order valence-corrected chi connectivity index (χ0v) is 21.0. The van der Waals surface area contributed by atoms with Crippen LogP contribution in [0.15, 0.2) is 24.3 Å². The van der Waals surface area contributed by atoms with Crippen LogP contribution in [0.1, 0.15) is 75.2 Å². The average Bonchev–Trinajstić information content (AvgIpc) is 2.81. The van der Waals surface area contributed by atoms with Crippen molar-refractivity contribution in [1.82, 2.24) is 15.5 Å². The van der Waals surface area contributed by atoms with Crippen LogP contribution < -0.4 is 22.1 Å². The van der Waals surface area contributed by atoms with E-state index in [2.05, 4.69) is 31.4 Å². The quantitative estimate of drug-likeness (QED) is 0.407. The maximum atomic E-state index is 13.1. The Morgan fingerprint density at radius 2 is 1.74 bits per heavy atom. The van der Waals surface area contributed by atoms with E-state index in [1.165, 1.54) is 4.90 Å². The van der Waals surface area contributed by atoms with Gasteiger partial charge in [-0.3, -0.25) is 24.1 Å². The Hall–Kier alpha value is -2.78. The molecule has 9 heteroatoms. The number of carbonyl (C=O) groups is 4. The summed E-state index contributed by atoms with van der Waals surface area (Å²) >= 11 is 0. The first-order valence-corrected chi connectivity index (χ1v) is 12.5. The average molecular weight is 486 g/mol. The van der Waals surface area contributed by atoms with Crippen LogP contribution in [0.5, 0.6) is 0 Å². The van der Waals surface area contributed by atoms with Gasteiger partial charge in [0, 0.05) is 43.6 Å². The highest BCUT2D eigenvalue weighted by molar-refractivity contribution is 6.01. The summed E-state index contributed by atoms with van der Waals surface area (Å²) in [5.74, 6) is -1.47. The van der Waals surface area contributed by atoms with Crippen molar-refractivity contribution in [3.63, 3.8) is 0 Å². The minimum absolute atomic E-state index is 0.00333. The normalized spacial score (nSPS) is 23.3. The van der Waals surface area contributed by atoms with Crippen molar-refractivity contribution in [3.05, 3.63) is 35.4 Å². The molecular formula is C26H39N5O4. The van der Waals surface area contributed by atoms with Gasteiger partial charge in [-0.15, -0.1) is 0 Å². The molecule has 0 radical (unpaired) electrons. The lowest BCUT2D eigenvalue weighted by atomic mass is 9.83. The second-order valence-corrected chi connectivity index (χ2v) is 10.7. The monoisotopic (exact) mass is 485 g/mol. The molecule has 0 aromatic heterocycles. The number of imide groups is 1. The number of benzene rings is 1. The zero-order valence-electron chi connectivity index (χ0n) is 21.0. The third kappa shape index (κ3) is 6.46.